The minimum absolute atomic E-state index is 0.221. The molecule has 0 fully saturated rings. The zero-order chi connectivity index (χ0) is 22.7. The van der Waals surface area contributed by atoms with Crippen LogP contribution < -0.4 is 5.01 Å². The summed E-state index contributed by atoms with van der Waals surface area (Å²) in [6.07, 6.45) is -1.18. The van der Waals surface area contributed by atoms with Gasteiger partial charge in [0.1, 0.15) is 6.42 Å². The monoisotopic (exact) mass is 419 g/mol. The quantitative estimate of drug-likeness (QED) is 0.292. The van der Waals surface area contributed by atoms with Gasteiger partial charge >= 0.3 is 17.0 Å². The Hall–Kier alpha value is -4.58. The molecule has 0 heterocycles. The van der Waals surface area contributed by atoms with E-state index in [0.29, 0.717) is 6.92 Å². The van der Waals surface area contributed by atoms with Gasteiger partial charge < -0.3 is 0 Å². The summed E-state index contributed by atoms with van der Waals surface area (Å²) in [5, 5.41) is 64.8. The lowest BCUT2D eigenvalue weighted by molar-refractivity contribution is -0.792. The Morgan fingerprint density at radius 2 is 1.21 bits per heavy atom. The van der Waals surface area contributed by atoms with Crippen LogP contribution in [0.4, 0.5) is 22.7 Å². The van der Waals surface area contributed by atoms with Crippen molar-refractivity contribution in [3.63, 3.8) is 0 Å². The summed E-state index contributed by atoms with van der Waals surface area (Å²) in [6, 6.07) is 0.443. The molecule has 1 aromatic carbocycles. The molecule has 0 amide bonds. The van der Waals surface area contributed by atoms with Crippen molar-refractivity contribution in [1.82, 2.24) is 0 Å². The summed E-state index contributed by atoms with van der Waals surface area (Å²) in [5.41, 5.74) is -8.21. The highest BCUT2D eigenvalue weighted by molar-refractivity contribution is 5.77. The number of rotatable bonds is 10. The predicted octanol–water partition coefficient (Wildman–Crippen LogP) is 1.07. The Morgan fingerprint density at radius 1 is 0.793 bits per heavy atom. The molecule has 0 unspecified atom stereocenters. The van der Waals surface area contributed by atoms with Gasteiger partial charge in [0.2, 0.25) is 0 Å². The number of hydrogen-bond acceptors (Lipinski definition) is 12. The van der Waals surface area contributed by atoms with E-state index in [2.05, 4.69) is 0 Å². The second-order valence-electron chi connectivity index (χ2n) is 5.45. The summed E-state index contributed by atoms with van der Waals surface area (Å²) < 4.78 is 0. The molecular weight excluding hydrogens is 410 g/mol. The van der Waals surface area contributed by atoms with Gasteiger partial charge in [-0.05, 0) is 0 Å². The van der Waals surface area contributed by atoms with Gasteiger partial charge in [-0.25, -0.2) is 10.1 Å². The third-order valence-electron chi connectivity index (χ3n) is 3.70. The zero-order valence-electron chi connectivity index (χ0n) is 14.1. The molecule has 156 valence electrons. The molecule has 0 saturated carbocycles. The normalized spacial score (nSPS) is 10.8. The Bertz CT molecular complexity index is 881. The van der Waals surface area contributed by atoms with Gasteiger partial charge in [0.15, 0.2) is 5.03 Å². The molecule has 0 bridgehead atoms. The van der Waals surface area contributed by atoms with Crippen molar-refractivity contribution in [3.05, 3.63) is 72.8 Å². The minimum Gasteiger partial charge on any atom is -0.258 e. The van der Waals surface area contributed by atoms with Crippen molar-refractivity contribution in [2.45, 2.75) is 19.0 Å². The van der Waals surface area contributed by atoms with E-state index in [9.17, 15) is 60.7 Å². The van der Waals surface area contributed by atoms with Crippen molar-refractivity contribution < 1.29 is 29.6 Å². The molecule has 19 nitrogen and oxygen atoms in total. The van der Waals surface area contributed by atoms with E-state index in [-0.39, 0.29) is 17.1 Å². The summed E-state index contributed by atoms with van der Waals surface area (Å²) >= 11 is 0. The molecule has 0 aliphatic heterocycles. The van der Waals surface area contributed by atoms with Crippen molar-refractivity contribution in [1.29, 1.82) is 0 Å². The fourth-order valence-electron chi connectivity index (χ4n) is 2.08. The van der Waals surface area contributed by atoms with E-state index in [1.54, 1.807) is 0 Å². The number of benzene rings is 1. The number of nitro benzene ring substituents is 3. The van der Waals surface area contributed by atoms with E-state index in [1.807, 2.05) is 0 Å². The molecule has 0 atom stereocenters. The topological polar surface area (TPSA) is 262 Å². The Kier molecular flexibility index (Phi) is 6.18. The summed E-state index contributed by atoms with van der Waals surface area (Å²) in [7, 11) is 0. The van der Waals surface area contributed by atoms with Gasteiger partial charge in [-0.3, -0.25) is 50.6 Å². The van der Waals surface area contributed by atoms with Crippen LogP contribution in [0.2, 0.25) is 0 Å². The summed E-state index contributed by atoms with van der Waals surface area (Å²) in [4.78, 5) is 59.8. The average Bonchev–Trinajstić information content (AvgIpc) is 2.59. The highest BCUT2D eigenvalue weighted by Gasteiger charge is 2.52. The number of nitrogens with zero attached hydrogens (tertiary/aromatic N) is 7. The highest BCUT2D eigenvalue weighted by atomic mass is 16.7. The smallest absolute Gasteiger partial charge is 0.258 e. The molecule has 0 saturated heterocycles. The SMILES string of the molecule is CC(CCN(c1c([N+](=O)[O-])cc([N+](=O)[O-])cc1[N+](=O)[O-])[N+](=O)[O-])([N+](=O)[O-])[N+](=O)[O-]. The molecule has 19 heteroatoms. The van der Waals surface area contributed by atoms with E-state index in [0.717, 1.165) is 0 Å². The molecule has 0 N–H and O–H groups in total. The van der Waals surface area contributed by atoms with Crippen LogP contribution in [0.1, 0.15) is 13.3 Å². The number of hydrogen-bond donors (Lipinski definition) is 0. The number of anilines is 1. The third kappa shape index (κ3) is 4.40. The van der Waals surface area contributed by atoms with Gasteiger partial charge in [-0.2, -0.15) is 0 Å². The lowest BCUT2D eigenvalue weighted by Gasteiger charge is -2.17. The maximum absolute atomic E-state index is 11.3. The van der Waals surface area contributed by atoms with Crippen LogP contribution in [-0.2, 0) is 0 Å². The maximum Gasteiger partial charge on any atom is 0.457 e. The molecule has 1 rings (SSSR count). The molecular formula is C10H9N7O12. The van der Waals surface area contributed by atoms with Crippen molar-refractivity contribution >= 4 is 22.7 Å². The van der Waals surface area contributed by atoms with Crippen molar-refractivity contribution in [2.75, 3.05) is 11.6 Å². The lowest BCUT2D eigenvalue weighted by Crippen LogP contribution is -2.47. The molecule has 0 aliphatic rings. The van der Waals surface area contributed by atoms with E-state index >= 15 is 0 Å². The average molecular weight is 419 g/mol. The van der Waals surface area contributed by atoms with Crippen LogP contribution in [0.3, 0.4) is 0 Å². The highest BCUT2D eigenvalue weighted by Crippen LogP contribution is 2.41. The van der Waals surface area contributed by atoms with Crippen LogP contribution in [0, 0.1) is 60.7 Å². The first-order valence-electron chi connectivity index (χ1n) is 7.06. The Balaban J connectivity index is 3.67. The number of hydrazine groups is 1. The Labute approximate surface area is 157 Å². The molecule has 0 aliphatic carbocycles. The Morgan fingerprint density at radius 3 is 1.48 bits per heavy atom. The first kappa shape index (κ1) is 22.5. The van der Waals surface area contributed by atoms with Gasteiger partial charge in [0, 0.05) is 0 Å². The molecule has 0 aromatic heterocycles. The second-order valence-corrected chi connectivity index (χ2v) is 5.45. The first-order chi connectivity index (χ1) is 13.2. The fraction of sp³-hybridized carbons (Fsp3) is 0.400. The van der Waals surface area contributed by atoms with Crippen LogP contribution in [-0.4, -0.2) is 41.9 Å². The van der Waals surface area contributed by atoms with Crippen LogP contribution in [0.15, 0.2) is 12.1 Å². The van der Waals surface area contributed by atoms with Gasteiger partial charge in [-0.15, -0.1) is 0 Å². The van der Waals surface area contributed by atoms with Crippen molar-refractivity contribution in [3.8, 4) is 0 Å². The van der Waals surface area contributed by atoms with Gasteiger partial charge in [0.05, 0.1) is 50.2 Å². The summed E-state index contributed by atoms with van der Waals surface area (Å²) in [6.45, 7) is -0.714. The maximum atomic E-state index is 11.3. The number of nitro groups is 6. The molecule has 0 spiro atoms. The largest absolute Gasteiger partial charge is 0.457 e. The van der Waals surface area contributed by atoms with E-state index in [1.165, 1.54) is 0 Å². The minimum atomic E-state index is -2.95. The van der Waals surface area contributed by atoms with Crippen molar-refractivity contribution in [2.24, 2.45) is 0 Å². The van der Waals surface area contributed by atoms with Crippen LogP contribution in [0.25, 0.3) is 0 Å². The van der Waals surface area contributed by atoms with Gasteiger partial charge in [-0.1, -0.05) is 5.01 Å². The standard InChI is InChI=1S/C10H9N7O12/c1-10(15(24)25,16(26)27)2-3-11(17(28)29)9-7(13(20)21)4-6(12(18)19)5-8(9)14(22)23/h4-5H,2-3H2,1H3. The molecule has 29 heavy (non-hydrogen) atoms. The van der Waals surface area contributed by atoms with Crippen LogP contribution >= 0.6 is 0 Å². The molecule has 0 radical (unpaired) electrons. The predicted molar refractivity (Wildman–Crippen MR) is 87.8 cm³/mol. The number of non-ortho nitro benzene ring substituents is 1. The lowest BCUT2D eigenvalue weighted by atomic mass is 10.1. The fourth-order valence-corrected chi connectivity index (χ4v) is 2.08. The first-order valence-corrected chi connectivity index (χ1v) is 7.06. The summed E-state index contributed by atoms with van der Waals surface area (Å²) in [5.74, 6) is 0. The van der Waals surface area contributed by atoms with Crippen LogP contribution in [0.5, 0.6) is 0 Å². The van der Waals surface area contributed by atoms with E-state index in [4.69, 9.17) is 0 Å². The second kappa shape index (κ2) is 7.98. The zero-order valence-corrected chi connectivity index (χ0v) is 14.1. The molecule has 1 aromatic rings. The third-order valence-corrected chi connectivity index (χ3v) is 3.70. The van der Waals surface area contributed by atoms with Gasteiger partial charge in [0.25, 0.3) is 11.4 Å². The van der Waals surface area contributed by atoms with E-state index < -0.39 is 71.0 Å².